The zero-order valence-corrected chi connectivity index (χ0v) is 58.6. The summed E-state index contributed by atoms with van der Waals surface area (Å²) < 4.78 is 35.8. The van der Waals surface area contributed by atoms with Crippen molar-refractivity contribution in [1.29, 1.82) is 0 Å². The highest BCUT2D eigenvalue weighted by Gasteiger charge is 2.52. The molecule has 0 N–H and O–H groups in total. The molecule has 0 bridgehead atoms. The van der Waals surface area contributed by atoms with E-state index >= 15 is 0 Å². The topological polar surface area (TPSA) is 0 Å². The maximum atomic E-state index is 11.9. The lowest BCUT2D eigenvalue weighted by molar-refractivity contribution is -0.137. The van der Waals surface area contributed by atoms with Crippen LogP contribution in [0.25, 0.3) is 44.5 Å². The largest absolute Gasteiger partial charge is 0.416 e. The second kappa shape index (κ2) is 27.6. The Kier molecular flexibility index (Phi) is 19.1. The summed E-state index contributed by atoms with van der Waals surface area (Å²) in [6.45, 7) is 25.9. The number of hydrogen-bond acceptors (Lipinski definition) is 0. The zero-order chi connectivity index (χ0) is 69.2. The monoisotopic (exact) mass is 1280 g/mol. The highest BCUT2D eigenvalue weighted by Crippen LogP contribution is 2.63. The molecule has 13 aromatic rings. The number of benzene rings is 13. The fourth-order valence-electron chi connectivity index (χ4n) is 15.0. The van der Waals surface area contributed by atoms with Crippen LogP contribution in [0, 0.1) is 48.5 Å². The van der Waals surface area contributed by atoms with Crippen LogP contribution in [0.5, 0.6) is 0 Å². The van der Waals surface area contributed by atoms with Gasteiger partial charge in [0.2, 0.25) is 0 Å². The maximum Gasteiger partial charge on any atom is 0.416 e. The molecule has 1 spiro atoms. The van der Waals surface area contributed by atoms with Gasteiger partial charge < -0.3 is 0 Å². The van der Waals surface area contributed by atoms with Crippen molar-refractivity contribution < 1.29 is 13.2 Å². The van der Waals surface area contributed by atoms with Crippen molar-refractivity contribution in [2.24, 2.45) is 0 Å². The van der Waals surface area contributed by atoms with E-state index in [1.54, 1.807) is 6.92 Å². The quantitative estimate of drug-likeness (QED) is 0.162. The normalized spacial score (nSPS) is 13.5. The standard InChI is InChI=1S/C26H18.C26H20.C16H16.C11H16.C8H7F3.C8H10/c1-17-14-15-21-20-10-4-7-13-24(20)26(25(21)16-17)22-11-5-2-8-18(22)19-9-3-6-12-23(19)26;1-19-16-17-23-22-14-8-9-15-24(22)26(25(23)18-19,20-10-4-2-5-11-20)21-12-6-3-7-13-21;1-11-8-9-13-12-6-4-5-7-14(12)16(2,3)15(13)10-11;1-9-5-7-10(8-6-9)11(2,3)4;1-6-2-4-7(5-3-6)8(9,10)11;1-7-3-5-8(2)6-4-7/h2-16H,1H3;2-18H,1H3;4-10H,1-3H3;5-8H,1-4H3;2-5H,1H3;3-6H,1-2H3. The molecule has 13 aromatic carbocycles. The summed E-state index contributed by atoms with van der Waals surface area (Å²) in [5.74, 6) is 0. The van der Waals surface area contributed by atoms with Crippen molar-refractivity contribution in [3.63, 3.8) is 0 Å². The van der Waals surface area contributed by atoms with Gasteiger partial charge in [-0.15, -0.1) is 0 Å². The van der Waals surface area contributed by atoms with E-state index in [9.17, 15) is 13.2 Å². The zero-order valence-electron chi connectivity index (χ0n) is 58.6. The van der Waals surface area contributed by atoms with Crippen LogP contribution in [-0.4, -0.2) is 0 Å². The molecular formula is C95H87F3. The first-order valence-corrected chi connectivity index (χ1v) is 34.2. The summed E-state index contributed by atoms with van der Waals surface area (Å²) in [4.78, 5) is 0. The third kappa shape index (κ3) is 13.0. The van der Waals surface area contributed by atoms with Crippen molar-refractivity contribution in [2.75, 3.05) is 0 Å². The molecule has 0 radical (unpaired) electrons. The number of fused-ring (bicyclic) bond motifs is 16. The Morgan fingerprint density at radius 1 is 0.224 bits per heavy atom. The third-order valence-electron chi connectivity index (χ3n) is 20.0. The van der Waals surface area contributed by atoms with Crippen molar-refractivity contribution >= 4 is 0 Å². The van der Waals surface area contributed by atoms with Gasteiger partial charge in [0.1, 0.15) is 0 Å². The van der Waals surface area contributed by atoms with E-state index in [4.69, 9.17) is 0 Å². The average molecular weight is 1290 g/mol. The van der Waals surface area contributed by atoms with Gasteiger partial charge in [-0.3, -0.25) is 0 Å². The number of hydrogen-bond donors (Lipinski definition) is 0. The molecule has 0 aliphatic heterocycles. The predicted octanol–water partition coefficient (Wildman–Crippen LogP) is 25.6. The van der Waals surface area contributed by atoms with Crippen LogP contribution >= 0.6 is 0 Å². The van der Waals surface area contributed by atoms with Crippen molar-refractivity contribution in [3.05, 3.63) is 415 Å². The lowest BCUT2D eigenvalue weighted by atomic mass is 9.67. The molecular weight excluding hydrogens is 1200 g/mol. The van der Waals surface area contributed by atoms with E-state index in [-0.39, 0.29) is 21.7 Å². The molecule has 0 atom stereocenters. The molecule has 4 aliphatic carbocycles. The van der Waals surface area contributed by atoms with Crippen molar-refractivity contribution in [2.45, 2.75) is 111 Å². The fraction of sp³-hybridized carbons (Fsp3) is 0.179. The molecule has 0 saturated carbocycles. The van der Waals surface area contributed by atoms with Crippen LogP contribution in [0.4, 0.5) is 13.2 Å². The minimum atomic E-state index is -4.21. The lowest BCUT2D eigenvalue weighted by Crippen LogP contribution is -2.28. The van der Waals surface area contributed by atoms with Crippen LogP contribution in [0.15, 0.2) is 309 Å². The highest BCUT2D eigenvalue weighted by molar-refractivity contribution is 5.95. The molecule has 0 unspecified atom stereocenters. The first-order chi connectivity index (χ1) is 47.0. The van der Waals surface area contributed by atoms with E-state index in [2.05, 4.69) is 361 Å². The number of alkyl halides is 3. The van der Waals surface area contributed by atoms with Gasteiger partial charge in [0.15, 0.2) is 0 Å². The Morgan fingerprint density at radius 3 is 0.816 bits per heavy atom. The number of halogens is 3. The molecule has 17 rings (SSSR count). The molecule has 0 saturated heterocycles. The Balaban J connectivity index is 0.000000118. The minimum Gasteiger partial charge on any atom is -0.166 e. The first kappa shape index (κ1) is 67.6. The van der Waals surface area contributed by atoms with Gasteiger partial charge in [0, 0.05) is 5.41 Å². The summed E-state index contributed by atoms with van der Waals surface area (Å²) in [5, 5.41) is 0. The van der Waals surface area contributed by atoms with Gasteiger partial charge in [0.25, 0.3) is 0 Å². The van der Waals surface area contributed by atoms with Crippen molar-refractivity contribution in [3.8, 4) is 44.5 Å². The van der Waals surface area contributed by atoms with Crippen LogP contribution in [-0.2, 0) is 27.8 Å². The maximum absolute atomic E-state index is 11.9. The summed E-state index contributed by atoms with van der Waals surface area (Å²) >= 11 is 0. The van der Waals surface area contributed by atoms with Gasteiger partial charge >= 0.3 is 6.18 Å². The Morgan fingerprint density at radius 2 is 0.469 bits per heavy atom. The Labute approximate surface area is 580 Å². The number of aryl methyl sites for hydroxylation is 7. The van der Waals surface area contributed by atoms with Gasteiger partial charge in [-0.2, -0.15) is 13.2 Å². The molecule has 0 amide bonds. The molecule has 0 aromatic heterocycles. The molecule has 0 nitrogen and oxygen atoms in total. The van der Waals surface area contributed by atoms with E-state index in [1.165, 1.54) is 151 Å². The molecule has 0 fully saturated rings. The van der Waals surface area contributed by atoms with Gasteiger partial charge in [-0.1, -0.05) is 371 Å². The van der Waals surface area contributed by atoms with Crippen molar-refractivity contribution in [1.82, 2.24) is 0 Å². The third-order valence-corrected chi connectivity index (χ3v) is 20.0. The second-order valence-electron chi connectivity index (χ2n) is 28.4. The molecule has 488 valence electrons. The number of rotatable bonds is 2. The predicted molar refractivity (Wildman–Crippen MR) is 407 cm³/mol. The van der Waals surface area contributed by atoms with E-state index in [0.29, 0.717) is 0 Å². The smallest absolute Gasteiger partial charge is 0.166 e. The van der Waals surface area contributed by atoms with Crippen LogP contribution in [0.1, 0.15) is 140 Å². The second-order valence-corrected chi connectivity index (χ2v) is 28.4. The van der Waals surface area contributed by atoms with E-state index in [1.807, 2.05) is 0 Å². The summed E-state index contributed by atoms with van der Waals surface area (Å²) in [5.41, 5.74) is 34.6. The molecule has 98 heavy (non-hydrogen) atoms. The van der Waals surface area contributed by atoms with Gasteiger partial charge in [-0.05, 0) is 172 Å². The van der Waals surface area contributed by atoms with Crippen LogP contribution < -0.4 is 0 Å². The fourth-order valence-corrected chi connectivity index (χ4v) is 15.0. The summed E-state index contributed by atoms with van der Waals surface area (Å²) in [7, 11) is 0. The molecule has 3 heteroatoms. The van der Waals surface area contributed by atoms with Crippen LogP contribution in [0.2, 0.25) is 0 Å². The van der Waals surface area contributed by atoms with Crippen LogP contribution in [0.3, 0.4) is 0 Å². The van der Waals surface area contributed by atoms with Gasteiger partial charge in [0.05, 0.1) is 16.4 Å². The van der Waals surface area contributed by atoms with E-state index in [0.717, 1.165) is 17.7 Å². The Bertz CT molecular complexity index is 4660. The lowest BCUT2D eigenvalue weighted by Gasteiger charge is -2.34. The molecule has 0 heterocycles. The molecule has 4 aliphatic rings. The SMILES string of the molecule is Cc1ccc(C(C)(C)C)cc1.Cc1ccc(C(F)(F)F)cc1.Cc1ccc(C)cc1.Cc1ccc2c(c1)C(C)(C)c1ccccc1-2.Cc1ccc2c(c1)C(c1ccccc1)(c1ccccc1)c1ccccc1-2.Cc1ccc2c(c1)C1(c3ccccc3-c3ccccc31)c1ccccc1-2. The summed E-state index contributed by atoms with van der Waals surface area (Å²) in [6.07, 6.45) is -4.21. The summed E-state index contributed by atoms with van der Waals surface area (Å²) in [6, 6.07) is 109. The minimum absolute atomic E-state index is 0.151. The Hall–Kier alpha value is -10.4. The van der Waals surface area contributed by atoms with E-state index < -0.39 is 11.7 Å². The van der Waals surface area contributed by atoms with Gasteiger partial charge in [-0.25, -0.2) is 0 Å². The highest BCUT2D eigenvalue weighted by atomic mass is 19.4. The average Bonchev–Trinajstić information content (AvgIpc) is 1.50. The first-order valence-electron chi connectivity index (χ1n) is 34.2.